The molecule has 2 rings (SSSR count). The van der Waals surface area contributed by atoms with Gasteiger partial charge in [-0.1, -0.05) is 11.8 Å². The molecule has 2 heterocycles. The van der Waals surface area contributed by atoms with E-state index in [4.69, 9.17) is 5.11 Å². The molecule has 1 aliphatic rings. The molecule has 104 valence electrons. The number of carbonyl (C=O) groups excluding carboxylic acids is 1. The van der Waals surface area contributed by atoms with Crippen LogP contribution in [-0.4, -0.2) is 55.9 Å². The molecule has 1 amide bonds. The number of nitrogens with one attached hydrogen (secondary N) is 1. The van der Waals surface area contributed by atoms with Crippen molar-refractivity contribution < 1.29 is 14.7 Å². The number of likely N-dealkylation sites (tertiary alicyclic amines) is 1. The molecular formula is C11H16N4O3S. The Labute approximate surface area is 114 Å². The second kappa shape index (κ2) is 6.05. The molecular weight excluding hydrogens is 268 g/mol. The molecule has 7 nitrogen and oxygen atoms in total. The topological polar surface area (TPSA) is 99.2 Å². The van der Waals surface area contributed by atoms with Gasteiger partial charge in [0.2, 0.25) is 11.1 Å². The Balaban J connectivity index is 1.77. The normalized spacial score (nSPS) is 16.6. The lowest BCUT2D eigenvalue weighted by atomic mass is 9.97. The Kier molecular flexibility index (Phi) is 4.41. The molecule has 0 radical (unpaired) electrons. The van der Waals surface area contributed by atoms with Crippen LogP contribution in [0.4, 0.5) is 0 Å². The van der Waals surface area contributed by atoms with E-state index < -0.39 is 5.97 Å². The average molecular weight is 284 g/mol. The average Bonchev–Trinajstić information content (AvgIpc) is 2.82. The van der Waals surface area contributed by atoms with Gasteiger partial charge in [0.05, 0.1) is 11.7 Å². The van der Waals surface area contributed by atoms with Crippen molar-refractivity contribution in [3.63, 3.8) is 0 Å². The van der Waals surface area contributed by atoms with E-state index in [9.17, 15) is 9.59 Å². The number of aromatic nitrogens is 3. The van der Waals surface area contributed by atoms with Crippen LogP contribution in [0.15, 0.2) is 5.16 Å². The number of carboxylic acids is 1. The van der Waals surface area contributed by atoms with E-state index in [0.29, 0.717) is 31.1 Å². The van der Waals surface area contributed by atoms with Crippen LogP contribution >= 0.6 is 11.8 Å². The number of aromatic amines is 1. The maximum Gasteiger partial charge on any atom is 0.306 e. The van der Waals surface area contributed by atoms with Gasteiger partial charge in [-0.3, -0.25) is 14.7 Å². The van der Waals surface area contributed by atoms with Crippen molar-refractivity contribution in [1.82, 2.24) is 20.1 Å². The van der Waals surface area contributed by atoms with Crippen LogP contribution < -0.4 is 0 Å². The first-order chi connectivity index (χ1) is 9.06. The molecule has 8 heteroatoms. The minimum Gasteiger partial charge on any atom is -0.481 e. The highest BCUT2D eigenvalue weighted by Crippen LogP contribution is 2.19. The zero-order chi connectivity index (χ0) is 13.8. The second-order valence-corrected chi connectivity index (χ2v) is 5.43. The largest absolute Gasteiger partial charge is 0.481 e. The lowest BCUT2D eigenvalue weighted by Gasteiger charge is -2.29. The zero-order valence-corrected chi connectivity index (χ0v) is 11.4. The van der Waals surface area contributed by atoms with Crippen molar-refractivity contribution in [3.8, 4) is 0 Å². The van der Waals surface area contributed by atoms with Crippen LogP contribution in [0, 0.1) is 12.8 Å². The minimum atomic E-state index is -0.766. The highest BCUT2D eigenvalue weighted by Gasteiger charge is 2.26. The second-order valence-electron chi connectivity index (χ2n) is 4.49. The summed E-state index contributed by atoms with van der Waals surface area (Å²) in [5.74, 6) is -0.0618. The number of nitrogens with zero attached hydrogens (tertiary/aromatic N) is 3. The summed E-state index contributed by atoms with van der Waals surface area (Å²) in [7, 11) is 0. The van der Waals surface area contributed by atoms with Gasteiger partial charge in [0, 0.05) is 13.1 Å². The van der Waals surface area contributed by atoms with Gasteiger partial charge in [-0.25, -0.2) is 4.98 Å². The third kappa shape index (κ3) is 3.69. The molecule has 0 spiro atoms. The SMILES string of the molecule is Cc1nc(SCC(=O)N2CCC(C(=O)O)CC2)n[nH]1. The van der Waals surface area contributed by atoms with Crippen LogP contribution in [0.5, 0.6) is 0 Å². The molecule has 19 heavy (non-hydrogen) atoms. The van der Waals surface area contributed by atoms with Gasteiger partial charge in [-0.05, 0) is 19.8 Å². The summed E-state index contributed by atoms with van der Waals surface area (Å²) in [6, 6.07) is 0. The molecule has 0 atom stereocenters. The Morgan fingerprint density at radius 1 is 1.47 bits per heavy atom. The Morgan fingerprint density at radius 2 is 2.16 bits per heavy atom. The van der Waals surface area contributed by atoms with E-state index in [1.54, 1.807) is 11.8 Å². The predicted octanol–water partition coefficient (Wildman–Crippen LogP) is 0.528. The van der Waals surface area contributed by atoms with Gasteiger partial charge in [-0.2, -0.15) is 0 Å². The molecule has 0 bridgehead atoms. The van der Waals surface area contributed by atoms with Crippen LogP contribution in [0.2, 0.25) is 0 Å². The fraction of sp³-hybridized carbons (Fsp3) is 0.636. The molecule has 2 N–H and O–H groups in total. The summed E-state index contributed by atoms with van der Waals surface area (Å²) in [5, 5.41) is 16.1. The number of carbonyl (C=O) groups is 2. The van der Waals surface area contributed by atoms with Crippen LogP contribution in [0.1, 0.15) is 18.7 Å². The van der Waals surface area contributed by atoms with Gasteiger partial charge in [0.15, 0.2) is 0 Å². The fourth-order valence-electron chi connectivity index (χ4n) is 1.98. The van der Waals surface area contributed by atoms with Crippen molar-refractivity contribution in [2.45, 2.75) is 24.9 Å². The van der Waals surface area contributed by atoms with Crippen molar-refractivity contribution in [2.24, 2.45) is 5.92 Å². The molecule has 0 aliphatic carbocycles. The standard InChI is InChI=1S/C11H16N4O3S/c1-7-12-11(14-13-7)19-6-9(16)15-4-2-8(3-5-15)10(17)18/h8H,2-6H2,1H3,(H,17,18)(H,12,13,14). The number of hydrogen-bond donors (Lipinski definition) is 2. The first-order valence-electron chi connectivity index (χ1n) is 6.08. The zero-order valence-electron chi connectivity index (χ0n) is 10.6. The quantitative estimate of drug-likeness (QED) is 0.782. The summed E-state index contributed by atoms with van der Waals surface area (Å²) in [4.78, 5) is 28.6. The van der Waals surface area contributed by atoms with Crippen molar-refractivity contribution >= 4 is 23.6 Å². The Morgan fingerprint density at radius 3 is 2.68 bits per heavy atom. The molecule has 1 aliphatic heterocycles. The van der Waals surface area contributed by atoms with Crippen molar-refractivity contribution in [1.29, 1.82) is 0 Å². The van der Waals surface area contributed by atoms with Crippen LogP contribution in [0.25, 0.3) is 0 Å². The van der Waals surface area contributed by atoms with E-state index in [1.807, 2.05) is 0 Å². The highest BCUT2D eigenvalue weighted by molar-refractivity contribution is 7.99. The number of rotatable bonds is 4. The number of H-pyrrole nitrogens is 1. The van der Waals surface area contributed by atoms with Crippen LogP contribution in [-0.2, 0) is 9.59 Å². The summed E-state index contributed by atoms with van der Waals surface area (Å²) in [6.45, 7) is 2.84. The fourth-order valence-corrected chi connectivity index (χ4v) is 2.73. The van der Waals surface area contributed by atoms with E-state index in [0.717, 1.165) is 5.82 Å². The molecule has 1 fully saturated rings. The van der Waals surface area contributed by atoms with Gasteiger partial charge in [-0.15, -0.1) is 5.10 Å². The van der Waals surface area contributed by atoms with E-state index in [1.165, 1.54) is 11.8 Å². The third-order valence-electron chi connectivity index (χ3n) is 3.10. The monoisotopic (exact) mass is 284 g/mol. The van der Waals surface area contributed by atoms with Crippen molar-refractivity contribution in [3.05, 3.63) is 5.82 Å². The third-order valence-corrected chi connectivity index (χ3v) is 3.93. The molecule has 1 aromatic heterocycles. The number of amides is 1. The Bertz CT molecular complexity index is 468. The van der Waals surface area contributed by atoms with Crippen LogP contribution in [0.3, 0.4) is 0 Å². The molecule has 0 unspecified atom stereocenters. The number of thioether (sulfide) groups is 1. The Hall–Kier alpha value is -1.57. The van der Waals surface area contributed by atoms with E-state index in [-0.39, 0.29) is 17.6 Å². The number of aliphatic carboxylic acids is 1. The number of piperidine rings is 1. The molecule has 1 saturated heterocycles. The van der Waals surface area contributed by atoms with E-state index >= 15 is 0 Å². The molecule has 0 aromatic carbocycles. The minimum absolute atomic E-state index is 0.0105. The highest BCUT2D eigenvalue weighted by atomic mass is 32.2. The smallest absolute Gasteiger partial charge is 0.306 e. The summed E-state index contributed by atoms with van der Waals surface area (Å²) in [5.41, 5.74) is 0. The summed E-state index contributed by atoms with van der Waals surface area (Å²) in [6.07, 6.45) is 1.07. The van der Waals surface area contributed by atoms with Gasteiger partial charge in [0.25, 0.3) is 0 Å². The molecule has 1 aromatic rings. The van der Waals surface area contributed by atoms with Crippen molar-refractivity contribution in [2.75, 3.05) is 18.8 Å². The molecule has 0 saturated carbocycles. The number of aryl methyl sites for hydroxylation is 1. The first kappa shape index (κ1) is 13.9. The lowest BCUT2D eigenvalue weighted by Crippen LogP contribution is -2.41. The maximum absolute atomic E-state index is 11.9. The van der Waals surface area contributed by atoms with E-state index in [2.05, 4.69) is 15.2 Å². The summed E-state index contributed by atoms with van der Waals surface area (Å²) < 4.78 is 0. The summed E-state index contributed by atoms with van der Waals surface area (Å²) >= 11 is 1.29. The van der Waals surface area contributed by atoms with Gasteiger partial charge < -0.3 is 10.0 Å². The maximum atomic E-state index is 11.9. The lowest BCUT2D eigenvalue weighted by molar-refractivity contribution is -0.145. The van der Waals surface area contributed by atoms with Gasteiger partial charge in [0.1, 0.15) is 5.82 Å². The number of carboxylic acid groups (broad SMARTS) is 1. The number of hydrogen-bond acceptors (Lipinski definition) is 5. The first-order valence-corrected chi connectivity index (χ1v) is 7.07. The van der Waals surface area contributed by atoms with Gasteiger partial charge >= 0.3 is 5.97 Å². The predicted molar refractivity (Wildman–Crippen MR) is 68.8 cm³/mol.